The maximum atomic E-state index is 5.97. The van der Waals surface area contributed by atoms with Gasteiger partial charge in [-0.05, 0) is 56.8 Å². The van der Waals surface area contributed by atoms with Crippen molar-refractivity contribution < 1.29 is 14.2 Å². The second kappa shape index (κ2) is 9.78. The van der Waals surface area contributed by atoms with E-state index in [1.54, 1.807) is 14.2 Å². The molecule has 4 nitrogen and oxygen atoms in total. The van der Waals surface area contributed by atoms with Crippen molar-refractivity contribution in [2.45, 2.75) is 45.1 Å². The first-order valence-corrected chi connectivity index (χ1v) is 8.75. The van der Waals surface area contributed by atoms with Gasteiger partial charge in [0, 0.05) is 26.3 Å². The van der Waals surface area contributed by atoms with Crippen LogP contribution in [0.1, 0.15) is 37.7 Å². The molecule has 0 bridgehead atoms. The lowest BCUT2D eigenvalue weighted by molar-refractivity contribution is 0.105. The second-order valence-corrected chi connectivity index (χ2v) is 6.32. The molecule has 1 aromatic carbocycles. The Bertz CT molecular complexity index is 464. The van der Waals surface area contributed by atoms with Crippen LogP contribution in [-0.4, -0.2) is 51.5 Å². The van der Waals surface area contributed by atoms with Gasteiger partial charge in [-0.15, -0.1) is 0 Å². The van der Waals surface area contributed by atoms with Crippen LogP contribution in [0.4, 0.5) is 0 Å². The highest BCUT2D eigenvalue weighted by Crippen LogP contribution is 2.28. The van der Waals surface area contributed by atoms with Gasteiger partial charge in [0.1, 0.15) is 6.61 Å². The van der Waals surface area contributed by atoms with E-state index in [9.17, 15) is 0 Å². The van der Waals surface area contributed by atoms with Crippen molar-refractivity contribution in [2.24, 2.45) is 0 Å². The zero-order valence-corrected chi connectivity index (χ0v) is 14.8. The molecule has 1 atom stereocenters. The van der Waals surface area contributed by atoms with Gasteiger partial charge in [-0.3, -0.25) is 4.90 Å². The topological polar surface area (TPSA) is 30.9 Å². The van der Waals surface area contributed by atoms with Gasteiger partial charge in [0.05, 0.1) is 7.11 Å². The predicted molar refractivity (Wildman–Crippen MR) is 93.5 cm³/mol. The summed E-state index contributed by atoms with van der Waals surface area (Å²) in [4.78, 5) is 2.58. The van der Waals surface area contributed by atoms with Gasteiger partial charge in [-0.2, -0.15) is 0 Å². The molecule has 0 amide bonds. The van der Waals surface area contributed by atoms with Crippen LogP contribution < -0.4 is 9.47 Å². The largest absolute Gasteiger partial charge is 0.493 e. The molecule has 1 unspecified atom stereocenters. The summed E-state index contributed by atoms with van der Waals surface area (Å²) >= 11 is 0. The lowest BCUT2D eigenvalue weighted by Gasteiger charge is -2.35. The Kier molecular flexibility index (Phi) is 7.69. The smallest absolute Gasteiger partial charge is 0.161 e. The quantitative estimate of drug-likeness (QED) is 0.650. The lowest BCUT2D eigenvalue weighted by atomic mass is 9.98. The first-order chi connectivity index (χ1) is 11.2. The van der Waals surface area contributed by atoms with Crippen molar-refractivity contribution in [1.82, 2.24) is 4.90 Å². The Balaban J connectivity index is 1.81. The minimum absolute atomic E-state index is 0.683. The molecule has 1 aliphatic heterocycles. The van der Waals surface area contributed by atoms with Crippen LogP contribution in [0, 0.1) is 6.92 Å². The third-order valence-corrected chi connectivity index (χ3v) is 4.59. The predicted octanol–water partition coefficient (Wildman–Crippen LogP) is 3.66. The van der Waals surface area contributed by atoms with E-state index in [1.807, 2.05) is 12.1 Å². The molecule has 0 saturated carbocycles. The fourth-order valence-electron chi connectivity index (χ4n) is 3.31. The lowest BCUT2D eigenvalue weighted by Crippen LogP contribution is -2.41. The third kappa shape index (κ3) is 5.70. The van der Waals surface area contributed by atoms with Gasteiger partial charge in [-0.25, -0.2) is 0 Å². The van der Waals surface area contributed by atoms with E-state index in [0.717, 1.165) is 31.1 Å². The maximum absolute atomic E-state index is 5.97. The molecule has 0 spiro atoms. The molecule has 130 valence electrons. The molecule has 2 rings (SSSR count). The van der Waals surface area contributed by atoms with Gasteiger partial charge in [-0.1, -0.05) is 12.5 Å². The Morgan fingerprint density at radius 3 is 2.78 bits per heavy atom. The SMILES string of the molecule is COCCCC1CCCCN1CCOc1ccc(C)cc1OC. The van der Waals surface area contributed by atoms with E-state index >= 15 is 0 Å². The highest BCUT2D eigenvalue weighted by atomic mass is 16.5. The van der Waals surface area contributed by atoms with Crippen LogP contribution in [-0.2, 0) is 4.74 Å². The Hall–Kier alpha value is -1.26. The maximum Gasteiger partial charge on any atom is 0.161 e. The van der Waals surface area contributed by atoms with Crippen molar-refractivity contribution in [1.29, 1.82) is 0 Å². The summed E-state index contributed by atoms with van der Waals surface area (Å²) < 4.78 is 16.6. The summed E-state index contributed by atoms with van der Waals surface area (Å²) in [6, 6.07) is 6.76. The summed E-state index contributed by atoms with van der Waals surface area (Å²) in [6.45, 7) is 5.80. The molecule has 23 heavy (non-hydrogen) atoms. The second-order valence-electron chi connectivity index (χ2n) is 6.32. The molecular formula is C19H31NO3. The Labute approximate surface area is 140 Å². The number of rotatable bonds is 9. The molecule has 1 aromatic rings. The van der Waals surface area contributed by atoms with Crippen molar-refractivity contribution in [3.8, 4) is 11.5 Å². The van der Waals surface area contributed by atoms with Crippen LogP contribution in [0.15, 0.2) is 18.2 Å². The van der Waals surface area contributed by atoms with Gasteiger partial charge < -0.3 is 14.2 Å². The van der Waals surface area contributed by atoms with Crippen molar-refractivity contribution in [3.63, 3.8) is 0 Å². The molecular weight excluding hydrogens is 290 g/mol. The summed E-state index contributed by atoms with van der Waals surface area (Å²) in [5, 5.41) is 0. The van der Waals surface area contributed by atoms with E-state index in [4.69, 9.17) is 14.2 Å². The number of hydrogen-bond acceptors (Lipinski definition) is 4. The van der Waals surface area contributed by atoms with Crippen molar-refractivity contribution >= 4 is 0 Å². The molecule has 1 saturated heterocycles. The average Bonchev–Trinajstić information content (AvgIpc) is 2.57. The van der Waals surface area contributed by atoms with Crippen LogP contribution >= 0.6 is 0 Å². The number of nitrogens with zero attached hydrogens (tertiary/aromatic N) is 1. The highest BCUT2D eigenvalue weighted by Gasteiger charge is 2.21. The van der Waals surface area contributed by atoms with Gasteiger partial charge in [0.15, 0.2) is 11.5 Å². The fourth-order valence-corrected chi connectivity index (χ4v) is 3.31. The number of ether oxygens (including phenoxy) is 3. The molecule has 0 aromatic heterocycles. The average molecular weight is 321 g/mol. The van der Waals surface area contributed by atoms with Crippen molar-refractivity contribution in [2.75, 3.05) is 40.5 Å². The molecule has 1 fully saturated rings. The van der Waals surface area contributed by atoms with Gasteiger partial charge in [0.25, 0.3) is 0 Å². The molecule has 0 aliphatic carbocycles. The van der Waals surface area contributed by atoms with Crippen LogP contribution in [0.2, 0.25) is 0 Å². The van der Waals surface area contributed by atoms with Gasteiger partial charge in [0.2, 0.25) is 0 Å². The molecule has 0 N–H and O–H groups in total. The van der Waals surface area contributed by atoms with Crippen LogP contribution in [0.3, 0.4) is 0 Å². The van der Waals surface area contributed by atoms with Gasteiger partial charge >= 0.3 is 0 Å². The zero-order valence-electron chi connectivity index (χ0n) is 14.8. The minimum Gasteiger partial charge on any atom is -0.493 e. The van der Waals surface area contributed by atoms with Crippen LogP contribution in [0.25, 0.3) is 0 Å². The standard InChI is InChI=1S/C19H31NO3/c1-16-9-10-18(19(15-16)22-3)23-14-12-20-11-5-4-7-17(20)8-6-13-21-2/h9-10,15,17H,4-8,11-14H2,1-3H3. The summed E-state index contributed by atoms with van der Waals surface area (Å²) in [5.74, 6) is 1.66. The number of methoxy groups -OCH3 is 2. The van der Waals surface area contributed by atoms with E-state index in [2.05, 4.69) is 17.9 Å². The third-order valence-electron chi connectivity index (χ3n) is 4.59. The minimum atomic E-state index is 0.683. The highest BCUT2D eigenvalue weighted by molar-refractivity contribution is 5.42. The summed E-state index contributed by atoms with van der Waals surface area (Å²) in [6.07, 6.45) is 6.32. The van der Waals surface area contributed by atoms with E-state index in [-0.39, 0.29) is 0 Å². The Morgan fingerprint density at radius 2 is 2.00 bits per heavy atom. The first kappa shape index (κ1) is 18.1. The number of piperidine rings is 1. The van der Waals surface area contributed by atoms with Crippen LogP contribution in [0.5, 0.6) is 11.5 Å². The monoisotopic (exact) mass is 321 g/mol. The normalized spacial score (nSPS) is 18.8. The molecule has 0 radical (unpaired) electrons. The number of hydrogen-bond donors (Lipinski definition) is 0. The fraction of sp³-hybridized carbons (Fsp3) is 0.684. The number of likely N-dealkylation sites (tertiary alicyclic amines) is 1. The molecule has 1 aliphatic rings. The Morgan fingerprint density at radius 1 is 1.13 bits per heavy atom. The van der Waals surface area contributed by atoms with E-state index in [1.165, 1.54) is 37.8 Å². The van der Waals surface area contributed by atoms with E-state index < -0.39 is 0 Å². The number of aryl methyl sites for hydroxylation is 1. The molecule has 1 heterocycles. The first-order valence-electron chi connectivity index (χ1n) is 8.75. The molecule has 4 heteroatoms. The zero-order chi connectivity index (χ0) is 16.5. The van der Waals surface area contributed by atoms with Crippen molar-refractivity contribution in [3.05, 3.63) is 23.8 Å². The summed E-state index contributed by atoms with van der Waals surface area (Å²) in [7, 11) is 3.47. The van der Waals surface area contributed by atoms with E-state index in [0.29, 0.717) is 12.6 Å². The number of benzene rings is 1. The summed E-state index contributed by atoms with van der Waals surface area (Å²) in [5.41, 5.74) is 1.18.